The summed E-state index contributed by atoms with van der Waals surface area (Å²) in [5, 5.41) is 2.98. The second-order valence-corrected chi connectivity index (χ2v) is 10.7. The molecule has 0 aliphatic heterocycles. The van der Waals surface area contributed by atoms with Gasteiger partial charge in [0.2, 0.25) is 15.9 Å². The summed E-state index contributed by atoms with van der Waals surface area (Å²) in [5.41, 5.74) is 5.25. The molecule has 35 heavy (non-hydrogen) atoms. The lowest BCUT2D eigenvalue weighted by Crippen LogP contribution is -2.41. The van der Waals surface area contributed by atoms with Crippen LogP contribution < -0.4 is 10.1 Å². The van der Waals surface area contributed by atoms with Gasteiger partial charge in [-0.25, -0.2) is 8.42 Å². The van der Waals surface area contributed by atoms with Crippen LogP contribution in [0, 0.1) is 20.8 Å². The number of carbonyl (C=O) groups is 1. The zero-order valence-electron chi connectivity index (χ0n) is 21.0. The molecular formula is C28H34N2O4S. The molecular weight excluding hydrogens is 460 g/mol. The monoisotopic (exact) mass is 494 g/mol. The second kappa shape index (κ2) is 11.5. The second-order valence-electron chi connectivity index (χ2n) is 8.75. The van der Waals surface area contributed by atoms with Crippen molar-refractivity contribution in [3.8, 4) is 5.75 Å². The van der Waals surface area contributed by atoms with Crippen LogP contribution in [0.4, 0.5) is 0 Å². The predicted molar refractivity (Wildman–Crippen MR) is 139 cm³/mol. The number of hydrogen-bond acceptors (Lipinski definition) is 4. The van der Waals surface area contributed by atoms with Gasteiger partial charge >= 0.3 is 0 Å². The fourth-order valence-electron chi connectivity index (χ4n) is 4.01. The third-order valence-electron chi connectivity index (χ3n) is 6.02. The summed E-state index contributed by atoms with van der Waals surface area (Å²) in [5.74, 6) is 0.233. The van der Waals surface area contributed by atoms with E-state index in [-0.39, 0.29) is 29.9 Å². The number of benzene rings is 3. The van der Waals surface area contributed by atoms with Gasteiger partial charge in [0, 0.05) is 6.54 Å². The molecule has 0 radical (unpaired) electrons. The van der Waals surface area contributed by atoms with Gasteiger partial charge in [-0.3, -0.25) is 4.79 Å². The third-order valence-corrected chi connectivity index (χ3v) is 7.83. The lowest BCUT2D eigenvalue weighted by Gasteiger charge is -2.24. The van der Waals surface area contributed by atoms with Crippen LogP contribution in [0.1, 0.15) is 47.7 Å². The minimum absolute atomic E-state index is 0.0842. The van der Waals surface area contributed by atoms with Crippen molar-refractivity contribution in [1.29, 1.82) is 0 Å². The number of nitrogens with one attached hydrogen (secondary N) is 1. The Bertz CT molecular complexity index is 1260. The van der Waals surface area contributed by atoms with Gasteiger partial charge in [0.25, 0.3) is 0 Å². The summed E-state index contributed by atoms with van der Waals surface area (Å²) in [6.07, 6.45) is 0. The SMILES string of the molecule is CCOc1ccc(S(=O)(=O)N(CC(=O)NC(C)c2cc(C)c(C)cc2C)Cc2ccccc2)cc1. The Kier molecular flexibility index (Phi) is 8.70. The van der Waals surface area contributed by atoms with E-state index in [1.165, 1.54) is 22.0 Å². The summed E-state index contributed by atoms with van der Waals surface area (Å²) < 4.78 is 33.7. The molecule has 1 N–H and O–H groups in total. The van der Waals surface area contributed by atoms with E-state index in [2.05, 4.69) is 24.4 Å². The van der Waals surface area contributed by atoms with Crippen molar-refractivity contribution in [1.82, 2.24) is 9.62 Å². The number of sulfonamides is 1. The topological polar surface area (TPSA) is 75.7 Å². The quantitative estimate of drug-likeness (QED) is 0.427. The van der Waals surface area contributed by atoms with Crippen LogP contribution >= 0.6 is 0 Å². The Hall–Kier alpha value is -3.16. The predicted octanol–water partition coefficient (Wildman–Crippen LogP) is 5.08. The van der Waals surface area contributed by atoms with E-state index in [9.17, 15) is 13.2 Å². The van der Waals surface area contributed by atoms with E-state index >= 15 is 0 Å². The minimum Gasteiger partial charge on any atom is -0.494 e. The van der Waals surface area contributed by atoms with Gasteiger partial charge in [-0.05, 0) is 86.7 Å². The van der Waals surface area contributed by atoms with Crippen LogP contribution in [-0.2, 0) is 21.4 Å². The van der Waals surface area contributed by atoms with Gasteiger partial charge in [0.1, 0.15) is 5.75 Å². The van der Waals surface area contributed by atoms with Crippen LogP contribution in [-0.4, -0.2) is 31.8 Å². The van der Waals surface area contributed by atoms with Gasteiger partial charge in [0.05, 0.1) is 24.1 Å². The first kappa shape index (κ1) is 26.4. The van der Waals surface area contributed by atoms with Crippen molar-refractivity contribution in [3.05, 3.63) is 94.5 Å². The smallest absolute Gasteiger partial charge is 0.243 e. The van der Waals surface area contributed by atoms with Gasteiger partial charge in [-0.2, -0.15) is 4.31 Å². The molecule has 0 spiro atoms. The zero-order chi connectivity index (χ0) is 25.6. The number of carbonyl (C=O) groups excluding carboxylic acids is 1. The largest absolute Gasteiger partial charge is 0.494 e. The molecule has 0 heterocycles. The molecule has 0 fully saturated rings. The summed E-state index contributed by atoms with van der Waals surface area (Å²) >= 11 is 0. The first-order valence-electron chi connectivity index (χ1n) is 11.8. The van der Waals surface area contributed by atoms with Gasteiger partial charge in [0.15, 0.2) is 0 Å². The lowest BCUT2D eigenvalue weighted by atomic mass is 9.96. The summed E-state index contributed by atoms with van der Waals surface area (Å²) in [6.45, 7) is 10.2. The average Bonchev–Trinajstić information content (AvgIpc) is 2.82. The highest BCUT2D eigenvalue weighted by molar-refractivity contribution is 7.89. The highest BCUT2D eigenvalue weighted by Crippen LogP contribution is 2.23. The maximum absolute atomic E-state index is 13.5. The molecule has 0 aliphatic rings. The van der Waals surface area contributed by atoms with Gasteiger partial charge in [-0.1, -0.05) is 42.5 Å². The van der Waals surface area contributed by atoms with Crippen molar-refractivity contribution in [2.75, 3.05) is 13.2 Å². The van der Waals surface area contributed by atoms with Crippen LogP contribution in [0.3, 0.4) is 0 Å². The Morgan fingerprint density at radius 2 is 1.57 bits per heavy atom. The molecule has 0 bridgehead atoms. The number of hydrogen-bond donors (Lipinski definition) is 1. The molecule has 1 unspecified atom stereocenters. The van der Waals surface area contributed by atoms with E-state index in [4.69, 9.17) is 4.74 Å². The molecule has 0 saturated heterocycles. The number of rotatable bonds is 10. The number of aryl methyl sites for hydroxylation is 3. The lowest BCUT2D eigenvalue weighted by molar-refractivity contribution is -0.122. The van der Waals surface area contributed by atoms with Crippen molar-refractivity contribution < 1.29 is 17.9 Å². The van der Waals surface area contributed by atoms with Gasteiger partial charge in [-0.15, -0.1) is 0 Å². The van der Waals surface area contributed by atoms with Crippen LogP contribution in [0.5, 0.6) is 5.75 Å². The van der Waals surface area contributed by atoms with E-state index in [0.29, 0.717) is 12.4 Å². The molecule has 3 rings (SSSR count). The summed E-state index contributed by atoms with van der Waals surface area (Å²) in [4.78, 5) is 13.2. The molecule has 6 nitrogen and oxygen atoms in total. The Labute approximate surface area is 209 Å². The van der Waals surface area contributed by atoms with E-state index in [1.54, 1.807) is 12.1 Å². The van der Waals surface area contributed by atoms with Crippen molar-refractivity contribution in [2.45, 2.75) is 52.1 Å². The standard InChI is InChI=1S/C28H34N2O4S/c1-6-34-25-12-14-26(15-13-25)35(32,33)30(18-24-10-8-7-9-11-24)19-28(31)29-23(5)27-17-21(3)20(2)16-22(27)4/h7-17,23H,6,18-19H2,1-5H3,(H,29,31). The molecule has 7 heteroatoms. The van der Waals surface area contributed by atoms with E-state index < -0.39 is 10.0 Å². The molecule has 1 amide bonds. The molecule has 0 saturated carbocycles. The fraction of sp³-hybridized carbons (Fsp3) is 0.321. The molecule has 3 aromatic carbocycles. The minimum atomic E-state index is -3.93. The van der Waals surface area contributed by atoms with Gasteiger partial charge < -0.3 is 10.1 Å². The van der Waals surface area contributed by atoms with Crippen molar-refractivity contribution in [2.24, 2.45) is 0 Å². The first-order valence-corrected chi connectivity index (χ1v) is 13.2. The summed E-state index contributed by atoms with van der Waals surface area (Å²) in [6, 6.07) is 19.5. The maximum atomic E-state index is 13.5. The molecule has 1 atom stereocenters. The third kappa shape index (κ3) is 6.71. The zero-order valence-corrected chi connectivity index (χ0v) is 21.9. The average molecular weight is 495 g/mol. The van der Waals surface area contributed by atoms with Crippen molar-refractivity contribution >= 4 is 15.9 Å². The first-order chi connectivity index (χ1) is 16.6. The van der Waals surface area contributed by atoms with Crippen LogP contribution in [0.2, 0.25) is 0 Å². The highest BCUT2D eigenvalue weighted by atomic mass is 32.2. The molecule has 0 aromatic heterocycles. The number of ether oxygens (including phenoxy) is 1. The van der Waals surface area contributed by atoms with Crippen molar-refractivity contribution in [3.63, 3.8) is 0 Å². The Morgan fingerprint density at radius 1 is 0.943 bits per heavy atom. The normalized spacial score (nSPS) is 12.4. The van der Waals surface area contributed by atoms with Crippen LogP contribution in [0.25, 0.3) is 0 Å². The molecule has 3 aromatic rings. The summed E-state index contributed by atoms with van der Waals surface area (Å²) in [7, 11) is -3.93. The van der Waals surface area contributed by atoms with E-state index in [0.717, 1.165) is 22.3 Å². The highest BCUT2D eigenvalue weighted by Gasteiger charge is 2.27. The molecule has 186 valence electrons. The fourth-order valence-corrected chi connectivity index (χ4v) is 5.40. The van der Waals surface area contributed by atoms with Crippen LogP contribution in [0.15, 0.2) is 71.6 Å². The maximum Gasteiger partial charge on any atom is 0.243 e. The Balaban J connectivity index is 1.84. The molecule has 0 aliphatic carbocycles. The number of nitrogens with zero attached hydrogens (tertiary/aromatic N) is 1. The van der Waals surface area contributed by atoms with E-state index in [1.807, 2.05) is 58.0 Å². The number of amides is 1. The Morgan fingerprint density at radius 3 is 2.20 bits per heavy atom.